The van der Waals surface area contributed by atoms with Gasteiger partial charge < -0.3 is 18.4 Å². The molecule has 0 aliphatic heterocycles. The molecule has 0 amide bonds. The van der Waals surface area contributed by atoms with Crippen molar-refractivity contribution >= 4 is 45.3 Å². The molecule has 0 heterocycles. The lowest BCUT2D eigenvalue weighted by molar-refractivity contribution is 0.0516. The summed E-state index contributed by atoms with van der Waals surface area (Å²) in [6.07, 6.45) is 0.905. The van der Waals surface area contributed by atoms with Crippen molar-refractivity contribution in [1.29, 1.82) is 0 Å². The van der Waals surface area contributed by atoms with Crippen LogP contribution in [0.15, 0.2) is 54.6 Å². The molecule has 38 heavy (non-hydrogen) atoms. The number of benzene rings is 3. The van der Waals surface area contributed by atoms with Crippen LogP contribution in [0.1, 0.15) is 34.6 Å². The van der Waals surface area contributed by atoms with Gasteiger partial charge in [0.25, 0.3) is 0 Å². The SMILES string of the molecule is CCOC(=O)c1ccc(-c2cc(OC)ccc2F)c(Cl)c1.CCOC(=O)c1ccc(OS(C)(=O)=O)c(Cl)c1. The third kappa shape index (κ3) is 8.90. The monoisotopic (exact) mass is 586 g/mol. The predicted molar refractivity (Wildman–Crippen MR) is 142 cm³/mol. The van der Waals surface area contributed by atoms with E-state index in [0.717, 1.165) is 6.26 Å². The molecule has 3 aromatic carbocycles. The molecule has 0 fully saturated rings. The zero-order valence-electron chi connectivity index (χ0n) is 20.9. The second kappa shape index (κ2) is 14.0. The van der Waals surface area contributed by atoms with Crippen molar-refractivity contribution in [1.82, 2.24) is 0 Å². The maximum Gasteiger partial charge on any atom is 0.338 e. The van der Waals surface area contributed by atoms with Crippen molar-refractivity contribution in [2.24, 2.45) is 0 Å². The second-order valence-electron chi connectivity index (χ2n) is 7.41. The number of ether oxygens (including phenoxy) is 3. The summed E-state index contributed by atoms with van der Waals surface area (Å²) in [4.78, 5) is 23.0. The van der Waals surface area contributed by atoms with E-state index in [-0.39, 0.29) is 34.6 Å². The van der Waals surface area contributed by atoms with E-state index in [1.165, 1.54) is 43.5 Å². The summed E-state index contributed by atoms with van der Waals surface area (Å²) in [6, 6.07) is 13.0. The zero-order chi connectivity index (χ0) is 28.5. The van der Waals surface area contributed by atoms with Gasteiger partial charge in [-0.3, -0.25) is 0 Å². The third-order valence-corrected chi connectivity index (χ3v) is 5.72. The molecular weight excluding hydrogens is 562 g/mol. The molecule has 0 aliphatic carbocycles. The van der Waals surface area contributed by atoms with Gasteiger partial charge in [0.15, 0.2) is 5.75 Å². The highest BCUT2D eigenvalue weighted by Crippen LogP contribution is 2.33. The second-order valence-corrected chi connectivity index (χ2v) is 9.80. The van der Waals surface area contributed by atoms with Gasteiger partial charge >= 0.3 is 22.1 Å². The summed E-state index contributed by atoms with van der Waals surface area (Å²) >= 11 is 11.9. The van der Waals surface area contributed by atoms with E-state index in [2.05, 4.69) is 4.18 Å². The van der Waals surface area contributed by atoms with Crippen LogP contribution in [0.25, 0.3) is 11.1 Å². The van der Waals surface area contributed by atoms with Crippen LogP contribution in [0.5, 0.6) is 11.5 Å². The fraction of sp³-hybridized carbons (Fsp3) is 0.231. The largest absolute Gasteiger partial charge is 0.497 e. The Morgan fingerprint density at radius 3 is 1.84 bits per heavy atom. The van der Waals surface area contributed by atoms with Crippen LogP contribution in [-0.4, -0.2) is 46.9 Å². The number of esters is 2. The summed E-state index contributed by atoms with van der Waals surface area (Å²) in [7, 11) is -2.14. The van der Waals surface area contributed by atoms with Gasteiger partial charge in [-0.05, 0) is 62.4 Å². The molecule has 3 aromatic rings. The lowest BCUT2D eigenvalue weighted by Gasteiger charge is -2.09. The van der Waals surface area contributed by atoms with E-state index in [0.29, 0.717) is 22.4 Å². The molecule has 0 saturated heterocycles. The van der Waals surface area contributed by atoms with Crippen molar-refractivity contribution in [3.63, 3.8) is 0 Å². The minimum atomic E-state index is -3.64. The van der Waals surface area contributed by atoms with E-state index in [9.17, 15) is 22.4 Å². The molecule has 0 N–H and O–H groups in total. The highest BCUT2D eigenvalue weighted by Gasteiger charge is 2.15. The van der Waals surface area contributed by atoms with Crippen molar-refractivity contribution in [3.05, 3.63) is 81.6 Å². The van der Waals surface area contributed by atoms with Crippen LogP contribution >= 0.6 is 23.2 Å². The maximum atomic E-state index is 13.9. The van der Waals surface area contributed by atoms with E-state index in [1.807, 2.05) is 0 Å². The minimum Gasteiger partial charge on any atom is -0.497 e. The van der Waals surface area contributed by atoms with Crippen LogP contribution in [-0.2, 0) is 19.6 Å². The Kier molecular flexibility index (Phi) is 11.4. The molecule has 3 rings (SSSR count). The van der Waals surface area contributed by atoms with E-state index >= 15 is 0 Å². The summed E-state index contributed by atoms with van der Waals surface area (Å²) in [5, 5.41) is 0.300. The third-order valence-electron chi connectivity index (χ3n) is 4.63. The first-order chi connectivity index (χ1) is 17.9. The molecule has 12 heteroatoms. The summed E-state index contributed by atoms with van der Waals surface area (Å²) in [6.45, 7) is 3.93. The Hall–Kier alpha value is -3.34. The number of hydrogen-bond acceptors (Lipinski definition) is 8. The molecule has 0 radical (unpaired) electrons. The van der Waals surface area contributed by atoms with Crippen LogP contribution in [0.2, 0.25) is 10.0 Å². The maximum absolute atomic E-state index is 13.9. The van der Waals surface area contributed by atoms with Crippen LogP contribution < -0.4 is 8.92 Å². The number of carbonyl (C=O) groups excluding carboxylic acids is 2. The zero-order valence-corrected chi connectivity index (χ0v) is 23.2. The molecule has 0 bridgehead atoms. The number of methoxy groups -OCH3 is 1. The summed E-state index contributed by atoms with van der Waals surface area (Å²) < 4.78 is 55.1. The standard InChI is InChI=1S/C16H14ClFO3.C10H11ClO5S/c1-3-21-16(19)10-4-6-12(14(17)8-10)13-9-11(20-2)5-7-15(13)18;1-3-15-10(12)7-4-5-9(8(11)6-7)16-17(2,13)14/h4-9H,3H2,1-2H3;4-6H,3H2,1-2H3. The molecule has 0 unspecified atom stereocenters. The van der Waals surface area contributed by atoms with Gasteiger partial charge in [-0.1, -0.05) is 29.3 Å². The van der Waals surface area contributed by atoms with Gasteiger partial charge in [-0.25, -0.2) is 14.0 Å². The molecular formula is C26H25Cl2FO8S. The summed E-state index contributed by atoms with van der Waals surface area (Å²) in [5.74, 6) is -0.905. The van der Waals surface area contributed by atoms with E-state index in [4.69, 9.17) is 37.4 Å². The first-order valence-electron chi connectivity index (χ1n) is 11.1. The Balaban J connectivity index is 0.000000273. The predicted octanol–water partition coefficient (Wildman–Crippen LogP) is 6.19. The van der Waals surface area contributed by atoms with Gasteiger partial charge in [-0.15, -0.1) is 0 Å². The Labute approximate surface area is 230 Å². The average molecular weight is 587 g/mol. The van der Waals surface area contributed by atoms with Gasteiger partial charge in [0, 0.05) is 16.1 Å². The Morgan fingerprint density at radius 1 is 0.816 bits per heavy atom. The number of rotatable bonds is 8. The molecule has 204 valence electrons. The van der Waals surface area contributed by atoms with Crippen LogP contribution in [0, 0.1) is 5.82 Å². The van der Waals surface area contributed by atoms with Crippen LogP contribution in [0.3, 0.4) is 0 Å². The highest BCUT2D eigenvalue weighted by molar-refractivity contribution is 7.86. The molecule has 8 nitrogen and oxygen atoms in total. The summed E-state index contributed by atoms with van der Waals surface area (Å²) in [5.41, 5.74) is 1.36. The lowest BCUT2D eigenvalue weighted by atomic mass is 10.0. The number of carbonyl (C=O) groups is 2. The highest BCUT2D eigenvalue weighted by atomic mass is 35.5. The number of halogens is 3. The van der Waals surface area contributed by atoms with Crippen molar-refractivity contribution < 1.29 is 40.8 Å². The minimum absolute atomic E-state index is 0.0257. The normalized spacial score (nSPS) is 10.6. The molecule has 0 aromatic heterocycles. The first-order valence-corrected chi connectivity index (χ1v) is 13.6. The quantitative estimate of drug-likeness (QED) is 0.227. The first kappa shape index (κ1) is 30.9. The van der Waals surface area contributed by atoms with Gasteiger partial charge in [0.05, 0.1) is 42.7 Å². The van der Waals surface area contributed by atoms with E-state index in [1.54, 1.807) is 32.0 Å². The smallest absolute Gasteiger partial charge is 0.338 e. The Bertz CT molecular complexity index is 1410. The van der Waals surface area contributed by atoms with E-state index < -0.39 is 27.9 Å². The van der Waals surface area contributed by atoms with Crippen molar-refractivity contribution in [2.75, 3.05) is 26.6 Å². The van der Waals surface area contributed by atoms with Gasteiger partial charge in [-0.2, -0.15) is 8.42 Å². The molecule has 0 atom stereocenters. The fourth-order valence-corrected chi connectivity index (χ4v) is 4.00. The van der Waals surface area contributed by atoms with Crippen molar-refractivity contribution in [2.45, 2.75) is 13.8 Å². The van der Waals surface area contributed by atoms with Crippen LogP contribution in [0.4, 0.5) is 4.39 Å². The lowest BCUT2D eigenvalue weighted by Crippen LogP contribution is -2.08. The topological polar surface area (TPSA) is 105 Å². The number of hydrogen-bond donors (Lipinski definition) is 0. The Morgan fingerprint density at radius 2 is 1.37 bits per heavy atom. The fourth-order valence-electron chi connectivity index (χ4n) is 2.99. The van der Waals surface area contributed by atoms with Gasteiger partial charge in [0.2, 0.25) is 0 Å². The molecule has 0 aliphatic rings. The average Bonchev–Trinajstić information content (AvgIpc) is 2.85. The van der Waals surface area contributed by atoms with Crippen molar-refractivity contribution in [3.8, 4) is 22.6 Å². The molecule has 0 spiro atoms. The van der Waals surface area contributed by atoms with Gasteiger partial charge in [0.1, 0.15) is 11.6 Å². The molecule has 0 saturated carbocycles.